The molecule has 1 rings (SSSR count). The summed E-state index contributed by atoms with van der Waals surface area (Å²) in [6.07, 6.45) is 9.58. The second kappa shape index (κ2) is 6.38. The molecule has 0 aromatic heterocycles. The molecule has 1 amide bonds. The van der Waals surface area contributed by atoms with Gasteiger partial charge in [0.1, 0.15) is 6.29 Å². The van der Waals surface area contributed by atoms with Crippen LogP contribution in [0.1, 0.15) is 32.1 Å². The summed E-state index contributed by atoms with van der Waals surface area (Å²) in [6.45, 7) is 0.821. The molecule has 1 saturated carbocycles. The maximum absolute atomic E-state index is 11.5. The van der Waals surface area contributed by atoms with E-state index in [1.807, 2.05) is 0 Å². The summed E-state index contributed by atoms with van der Waals surface area (Å²) < 4.78 is 0. The predicted octanol–water partition coefficient (Wildman–Crippen LogP) is 1.78. The van der Waals surface area contributed by atoms with E-state index in [0.717, 1.165) is 6.54 Å². The highest BCUT2D eigenvalue weighted by atomic mass is 16.2. The number of hydrogen-bond donors (Lipinski definition) is 0. The number of aldehydes is 1. The summed E-state index contributed by atoms with van der Waals surface area (Å²) in [5.41, 5.74) is 0. The van der Waals surface area contributed by atoms with Gasteiger partial charge in [0.05, 0.1) is 0 Å². The summed E-state index contributed by atoms with van der Waals surface area (Å²) in [5.74, 6) is 0.574. The zero-order valence-corrected chi connectivity index (χ0v) is 9.32. The standard InChI is InChI=1S/C12H19NO2/c1-13(12(15)8-5-9-14)10-11-6-3-2-4-7-11/h5,8-9,11H,2-4,6-7,10H2,1H3/b8-5-. The van der Waals surface area contributed by atoms with Crippen LogP contribution in [0.25, 0.3) is 0 Å². The fourth-order valence-electron chi connectivity index (χ4n) is 2.10. The van der Waals surface area contributed by atoms with Gasteiger partial charge in [0.2, 0.25) is 5.91 Å². The van der Waals surface area contributed by atoms with Gasteiger partial charge in [0, 0.05) is 19.7 Å². The van der Waals surface area contributed by atoms with Gasteiger partial charge < -0.3 is 4.90 Å². The molecule has 0 N–H and O–H groups in total. The van der Waals surface area contributed by atoms with Crippen LogP contribution in [0.15, 0.2) is 12.2 Å². The number of carbonyl (C=O) groups is 2. The highest BCUT2D eigenvalue weighted by Gasteiger charge is 2.16. The van der Waals surface area contributed by atoms with Crippen molar-refractivity contribution in [3.63, 3.8) is 0 Å². The monoisotopic (exact) mass is 209 g/mol. The first-order valence-corrected chi connectivity index (χ1v) is 5.61. The second-order valence-corrected chi connectivity index (χ2v) is 4.22. The van der Waals surface area contributed by atoms with Crippen LogP contribution in [0.3, 0.4) is 0 Å². The number of allylic oxidation sites excluding steroid dienone is 1. The smallest absolute Gasteiger partial charge is 0.246 e. The van der Waals surface area contributed by atoms with Crippen LogP contribution in [-0.2, 0) is 9.59 Å². The Hall–Kier alpha value is -1.12. The third kappa shape index (κ3) is 4.28. The molecule has 1 fully saturated rings. The summed E-state index contributed by atoms with van der Waals surface area (Å²) in [7, 11) is 1.80. The van der Waals surface area contributed by atoms with Crippen LogP contribution < -0.4 is 0 Å². The van der Waals surface area contributed by atoms with E-state index < -0.39 is 0 Å². The van der Waals surface area contributed by atoms with Gasteiger partial charge in [-0.25, -0.2) is 0 Å². The average molecular weight is 209 g/mol. The number of hydrogen-bond acceptors (Lipinski definition) is 2. The fourth-order valence-corrected chi connectivity index (χ4v) is 2.10. The molecule has 1 aliphatic rings. The minimum atomic E-state index is -0.0762. The number of likely N-dealkylation sites (N-methyl/N-ethyl adjacent to an activating group) is 1. The topological polar surface area (TPSA) is 37.4 Å². The maximum Gasteiger partial charge on any atom is 0.246 e. The first-order valence-electron chi connectivity index (χ1n) is 5.61. The molecular weight excluding hydrogens is 190 g/mol. The molecule has 1 aliphatic carbocycles. The highest BCUT2D eigenvalue weighted by molar-refractivity contribution is 5.90. The Balaban J connectivity index is 2.32. The molecular formula is C12H19NO2. The number of carbonyl (C=O) groups excluding carboxylic acids is 2. The SMILES string of the molecule is CN(CC1CCCCC1)C(=O)/C=C\C=O. The molecule has 0 radical (unpaired) electrons. The zero-order chi connectivity index (χ0) is 11.1. The van der Waals surface area contributed by atoms with Crippen LogP contribution in [0.2, 0.25) is 0 Å². The van der Waals surface area contributed by atoms with Crippen molar-refractivity contribution in [3.05, 3.63) is 12.2 Å². The fraction of sp³-hybridized carbons (Fsp3) is 0.667. The van der Waals surface area contributed by atoms with E-state index in [-0.39, 0.29) is 5.91 Å². The predicted molar refractivity (Wildman–Crippen MR) is 59.4 cm³/mol. The van der Waals surface area contributed by atoms with E-state index in [1.54, 1.807) is 11.9 Å². The van der Waals surface area contributed by atoms with E-state index in [0.29, 0.717) is 12.2 Å². The summed E-state index contributed by atoms with van der Waals surface area (Å²) in [4.78, 5) is 23.2. The summed E-state index contributed by atoms with van der Waals surface area (Å²) in [6, 6.07) is 0. The van der Waals surface area contributed by atoms with Crippen molar-refractivity contribution >= 4 is 12.2 Å². The molecule has 0 aromatic rings. The van der Waals surface area contributed by atoms with Crippen LogP contribution in [0.4, 0.5) is 0 Å². The first-order chi connectivity index (χ1) is 7.24. The summed E-state index contributed by atoms with van der Waals surface area (Å²) >= 11 is 0. The Bertz CT molecular complexity index is 242. The molecule has 3 nitrogen and oxygen atoms in total. The normalized spacial score (nSPS) is 17.9. The minimum absolute atomic E-state index is 0.0762. The van der Waals surface area contributed by atoms with E-state index in [9.17, 15) is 9.59 Å². The van der Waals surface area contributed by atoms with E-state index in [2.05, 4.69) is 0 Å². The van der Waals surface area contributed by atoms with Gasteiger partial charge in [-0.1, -0.05) is 19.3 Å². The molecule has 0 unspecified atom stereocenters. The van der Waals surface area contributed by atoms with Crippen LogP contribution in [0, 0.1) is 5.92 Å². The van der Waals surface area contributed by atoms with Gasteiger partial charge in [0.25, 0.3) is 0 Å². The number of amides is 1. The lowest BCUT2D eigenvalue weighted by atomic mass is 9.89. The third-order valence-electron chi connectivity index (χ3n) is 2.95. The number of rotatable bonds is 4. The molecule has 0 bridgehead atoms. The Morgan fingerprint density at radius 2 is 2.00 bits per heavy atom. The molecule has 0 atom stereocenters. The average Bonchev–Trinajstić information content (AvgIpc) is 2.27. The molecule has 84 valence electrons. The minimum Gasteiger partial charge on any atom is -0.342 e. The lowest BCUT2D eigenvalue weighted by Gasteiger charge is -2.26. The van der Waals surface area contributed by atoms with Crippen molar-refractivity contribution in [2.45, 2.75) is 32.1 Å². The zero-order valence-electron chi connectivity index (χ0n) is 9.32. The van der Waals surface area contributed by atoms with Crippen molar-refractivity contribution in [2.24, 2.45) is 5.92 Å². The third-order valence-corrected chi connectivity index (χ3v) is 2.95. The van der Waals surface area contributed by atoms with E-state index >= 15 is 0 Å². The Morgan fingerprint density at radius 1 is 1.33 bits per heavy atom. The van der Waals surface area contributed by atoms with Crippen molar-refractivity contribution < 1.29 is 9.59 Å². The Morgan fingerprint density at radius 3 is 2.60 bits per heavy atom. The van der Waals surface area contributed by atoms with Gasteiger partial charge in [0.15, 0.2) is 0 Å². The van der Waals surface area contributed by atoms with Crippen LogP contribution in [-0.4, -0.2) is 30.7 Å². The van der Waals surface area contributed by atoms with Crippen LogP contribution in [0.5, 0.6) is 0 Å². The highest BCUT2D eigenvalue weighted by Crippen LogP contribution is 2.24. The van der Waals surface area contributed by atoms with Gasteiger partial charge in [-0.15, -0.1) is 0 Å². The number of nitrogens with zero attached hydrogens (tertiary/aromatic N) is 1. The van der Waals surface area contributed by atoms with Crippen molar-refractivity contribution in [3.8, 4) is 0 Å². The van der Waals surface area contributed by atoms with Crippen molar-refractivity contribution in [1.82, 2.24) is 4.90 Å². The molecule has 0 spiro atoms. The first kappa shape index (κ1) is 12.0. The summed E-state index contributed by atoms with van der Waals surface area (Å²) in [5, 5.41) is 0. The van der Waals surface area contributed by atoms with Crippen molar-refractivity contribution in [2.75, 3.05) is 13.6 Å². The molecule has 3 heteroatoms. The van der Waals surface area contributed by atoms with E-state index in [4.69, 9.17) is 0 Å². The molecule has 0 aromatic carbocycles. The largest absolute Gasteiger partial charge is 0.342 e. The van der Waals surface area contributed by atoms with E-state index in [1.165, 1.54) is 44.3 Å². The molecule has 0 saturated heterocycles. The lowest BCUT2D eigenvalue weighted by molar-refractivity contribution is -0.125. The Kier molecular flexibility index (Phi) is 5.08. The van der Waals surface area contributed by atoms with Gasteiger partial charge in [-0.2, -0.15) is 0 Å². The second-order valence-electron chi connectivity index (χ2n) is 4.22. The quantitative estimate of drug-likeness (QED) is 0.523. The molecule has 0 heterocycles. The Labute approximate surface area is 91.1 Å². The van der Waals surface area contributed by atoms with Gasteiger partial charge in [-0.05, 0) is 24.8 Å². The van der Waals surface area contributed by atoms with Gasteiger partial charge in [-0.3, -0.25) is 9.59 Å². The van der Waals surface area contributed by atoms with Crippen molar-refractivity contribution in [1.29, 1.82) is 0 Å². The maximum atomic E-state index is 11.5. The molecule has 15 heavy (non-hydrogen) atoms. The van der Waals surface area contributed by atoms with Crippen LogP contribution >= 0.6 is 0 Å². The molecule has 0 aliphatic heterocycles. The van der Waals surface area contributed by atoms with Gasteiger partial charge >= 0.3 is 0 Å². The lowest BCUT2D eigenvalue weighted by Crippen LogP contribution is -2.31.